The second-order valence-electron chi connectivity index (χ2n) is 6.38. The van der Waals surface area contributed by atoms with Crippen LogP contribution >= 0.6 is 0 Å². The predicted octanol–water partition coefficient (Wildman–Crippen LogP) is 3.17. The monoisotopic (exact) mass is 394 g/mol. The summed E-state index contributed by atoms with van der Waals surface area (Å²) in [6.45, 7) is 3.42. The van der Waals surface area contributed by atoms with Gasteiger partial charge in [-0.05, 0) is 43.2 Å². The molecule has 0 fully saturated rings. The van der Waals surface area contributed by atoms with Gasteiger partial charge in [-0.1, -0.05) is 24.3 Å². The zero-order valence-electron chi connectivity index (χ0n) is 16.5. The van der Waals surface area contributed by atoms with Crippen LogP contribution in [0.2, 0.25) is 0 Å². The van der Waals surface area contributed by atoms with Crippen LogP contribution in [0, 0.1) is 6.92 Å². The molecule has 3 rings (SSSR count). The summed E-state index contributed by atoms with van der Waals surface area (Å²) in [6, 6.07) is 10.4. The molecule has 7 nitrogen and oxygen atoms in total. The molecule has 2 heterocycles. The van der Waals surface area contributed by atoms with Crippen LogP contribution in [0.15, 0.2) is 53.5 Å². The minimum Gasteiger partial charge on any atom is -0.493 e. The Bertz CT molecular complexity index is 1120. The summed E-state index contributed by atoms with van der Waals surface area (Å²) in [5.41, 5.74) is 2.55. The van der Waals surface area contributed by atoms with Gasteiger partial charge in [-0.15, -0.1) is 0 Å². The molecule has 0 atom stereocenters. The second kappa shape index (κ2) is 9.05. The van der Waals surface area contributed by atoms with Gasteiger partial charge in [0.2, 0.25) is 0 Å². The van der Waals surface area contributed by atoms with Crippen LogP contribution < -0.4 is 15.0 Å². The lowest BCUT2D eigenvalue weighted by Gasteiger charge is -2.11. The molecule has 0 saturated heterocycles. The number of methoxy groups -OCH3 is 1. The normalized spacial score (nSPS) is 11.0. The Morgan fingerprint density at radius 1 is 1.17 bits per heavy atom. The second-order valence-corrected chi connectivity index (χ2v) is 6.38. The molecule has 0 aliphatic rings. The Labute approximate surface area is 168 Å². The van der Waals surface area contributed by atoms with Gasteiger partial charge in [0.15, 0.2) is 18.1 Å². The van der Waals surface area contributed by atoms with Gasteiger partial charge >= 0.3 is 5.97 Å². The van der Waals surface area contributed by atoms with E-state index in [1.165, 1.54) is 17.6 Å². The molecule has 7 heteroatoms. The number of nitrogens with zero attached hydrogens (tertiary/aromatic N) is 2. The molecule has 0 unspecified atom stereocenters. The molecule has 0 aliphatic carbocycles. The van der Waals surface area contributed by atoms with Crippen molar-refractivity contribution in [3.63, 3.8) is 0 Å². The van der Waals surface area contributed by atoms with Crippen LogP contribution in [0.4, 0.5) is 0 Å². The number of pyridine rings is 1. The number of benzene rings is 1. The van der Waals surface area contributed by atoms with Gasteiger partial charge in [-0.3, -0.25) is 9.20 Å². The SMILES string of the molecule is C/C=C/c1ccc(OCC(=O)OCc2cc(=O)n3cc(C)ccc3n2)c(OC)c1. The number of hydrogen-bond donors (Lipinski definition) is 0. The van der Waals surface area contributed by atoms with Crippen molar-refractivity contribution in [2.24, 2.45) is 0 Å². The third-order valence-corrected chi connectivity index (χ3v) is 4.13. The fourth-order valence-electron chi connectivity index (χ4n) is 2.76. The molecule has 0 N–H and O–H groups in total. The Morgan fingerprint density at radius 3 is 2.76 bits per heavy atom. The molecule has 3 aromatic rings. The molecule has 0 radical (unpaired) electrons. The van der Waals surface area contributed by atoms with Gasteiger partial charge in [0.25, 0.3) is 5.56 Å². The zero-order chi connectivity index (χ0) is 20.8. The molecule has 0 spiro atoms. The quantitative estimate of drug-likeness (QED) is 0.573. The topological polar surface area (TPSA) is 79.1 Å². The minimum absolute atomic E-state index is 0.112. The third kappa shape index (κ3) is 5.01. The van der Waals surface area contributed by atoms with E-state index in [0.29, 0.717) is 22.8 Å². The van der Waals surface area contributed by atoms with Gasteiger partial charge in [-0.25, -0.2) is 9.78 Å². The van der Waals surface area contributed by atoms with E-state index < -0.39 is 5.97 Å². The van der Waals surface area contributed by atoms with Crippen molar-refractivity contribution >= 4 is 17.7 Å². The number of hydrogen-bond acceptors (Lipinski definition) is 6. The summed E-state index contributed by atoms with van der Waals surface area (Å²) in [4.78, 5) is 28.6. The van der Waals surface area contributed by atoms with Crippen LogP contribution in [0.3, 0.4) is 0 Å². The smallest absolute Gasteiger partial charge is 0.344 e. The van der Waals surface area contributed by atoms with Gasteiger partial charge in [0.05, 0.1) is 12.8 Å². The van der Waals surface area contributed by atoms with E-state index in [1.54, 1.807) is 18.3 Å². The summed E-state index contributed by atoms with van der Waals surface area (Å²) in [7, 11) is 1.53. The average Bonchev–Trinajstić information content (AvgIpc) is 2.72. The van der Waals surface area contributed by atoms with Crippen LogP contribution in [0.5, 0.6) is 11.5 Å². The first-order chi connectivity index (χ1) is 14.0. The molecule has 0 aliphatic heterocycles. The van der Waals surface area contributed by atoms with E-state index in [0.717, 1.165) is 11.1 Å². The fourth-order valence-corrected chi connectivity index (χ4v) is 2.76. The first-order valence-electron chi connectivity index (χ1n) is 9.08. The lowest BCUT2D eigenvalue weighted by Crippen LogP contribution is -2.18. The third-order valence-electron chi connectivity index (χ3n) is 4.13. The number of ether oxygens (including phenoxy) is 3. The Kier molecular flexibility index (Phi) is 6.29. The first kappa shape index (κ1) is 20.1. The molecule has 2 aromatic heterocycles. The fraction of sp³-hybridized carbons (Fsp3) is 0.227. The van der Waals surface area contributed by atoms with E-state index in [2.05, 4.69) is 4.98 Å². The summed E-state index contributed by atoms with van der Waals surface area (Å²) in [5, 5.41) is 0. The van der Waals surface area contributed by atoms with Crippen LogP contribution in [-0.2, 0) is 16.1 Å². The highest BCUT2D eigenvalue weighted by atomic mass is 16.6. The van der Waals surface area contributed by atoms with Crippen molar-refractivity contribution < 1.29 is 19.0 Å². The average molecular weight is 394 g/mol. The predicted molar refractivity (Wildman–Crippen MR) is 109 cm³/mol. The number of aryl methyl sites for hydroxylation is 1. The molecule has 150 valence electrons. The van der Waals surface area contributed by atoms with E-state index in [1.807, 2.05) is 44.2 Å². The largest absolute Gasteiger partial charge is 0.493 e. The first-order valence-corrected chi connectivity index (χ1v) is 9.08. The highest BCUT2D eigenvalue weighted by Crippen LogP contribution is 2.28. The number of esters is 1. The summed E-state index contributed by atoms with van der Waals surface area (Å²) in [5.74, 6) is 0.388. The van der Waals surface area contributed by atoms with E-state index in [4.69, 9.17) is 14.2 Å². The molecular weight excluding hydrogens is 372 g/mol. The van der Waals surface area contributed by atoms with Crippen molar-refractivity contribution in [1.82, 2.24) is 9.38 Å². The number of allylic oxidation sites excluding steroid dienone is 1. The Morgan fingerprint density at radius 2 is 2.00 bits per heavy atom. The highest BCUT2D eigenvalue weighted by Gasteiger charge is 2.11. The summed E-state index contributed by atoms with van der Waals surface area (Å²) >= 11 is 0. The molecule has 0 saturated carbocycles. The minimum atomic E-state index is -0.574. The Balaban J connectivity index is 1.61. The number of carbonyl (C=O) groups excluding carboxylic acids is 1. The summed E-state index contributed by atoms with van der Waals surface area (Å²) in [6.07, 6.45) is 5.56. The van der Waals surface area contributed by atoms with Crippen molar-refractivity contribution in [3.8, 4) is 11.5 Å². The van der Waals surface area contributed by atoms with E-state index in [9.17, 15) is 9.59 Å². The number of aromatic nitrogens is 2. The lowest BCUT2D eigenvalue weighted by molar-refractivity contribution is -0.147. The maximum atomic E-state index is 12.2. The van der Waals surface area contributed by atoms with Gasteiger partial charge in [-0.2, -0.15) is 0 Å². The molecule has 0 bridgehead atoms. The zero-order valence-corrected chi connectivity index (χ0v) is 16.5. The van der Waals surface area contributed by atoms with Crippen molar-refractivity contribution in [2.75, 3.05) is 13.7 Å². The van der Waals surface area contributed by atoms with Crippen molar-refractivity contribution in [1.29, 1.82) is 0 Å². The van der Waals surface area contributed by atoms with Crippen molar-refractivity contribution in [2.45, 2.75) is 20.5 Å². The summed E-state index contributed by atoms with van der Waals surface area (Å²) < 4.78 is 17.4. The molecule has 0 amide bonds. The van der Waals surface area contributed by atoms with E-state index >= 15 is 0 Å². The van der Waals surface area contributed by atoms with Crippen LogP contribution in [-0.4, -0.2) is 29.1 Å². The highest BCUT2D eigenvalue weighted by molar-refractivity contribution is 5.71. The van der Waals surface area contributed by atoms with Crippen LogP contribution in [0.25, 0.3) is 11.7 Å². The van der Waals surface area contributed by atoms with Gasteiger partial charge in [0, 0.05) is 12.3 Å². The maximum absolute atomic E-state index is 12.2. The maximum Gasteiger partial charge on any atom is 0.344 e. The van der Waals surface area contributed by atoms with Gasteiger partial charge in [0.1, 0.15) is 12.3 Å². The molecular formula is C22H22N2O5. The number of carbonyl (C=O) groups is 1. The molecule has 29 heavy (non-hydrogen) atoms. The standard InChI is InChI=1S/C22H22N2O5/c1-4-5-16-7-8-18(19(10-16)27-3)28-14-22(26)29-13-17-11-21(25)24-12-15(2)6-9-20(24)23-17/h4-12H,13-14H2,1-3H3/b5-4+. The Hall–Kier alpha value is -3.61. The van der Waals surface area contributed by atoms with Gasteiger partial charge < -0.3 is 14.2 Å². The number of fused-ring (bicyclic) bond motifs is 1. The van der Waals surface area contributed by atoms with E-state index in [-0.39, 0.29) is 18.8 Å². The van der Waals surface area contributed by atoms with Crippen molar-refractivity contribution in [3.05, 3.63) is 75.8 Å². The van der Waals surface area contributed by atoms with Crippen LogP contribution in [0.1, 0.15) is 23.7 Å². The molecule has 1 aromatic carbocycles. The number of rotatable bonds is 7. The lowest BCUT2D eigenvalue weighted by atomic mass is 10.2.